The summed E-state index contributed by atoms with van der Waals surface area (Å²) < 4.78 is 39.4. The van der Waals surface area contributed by atoms with Crippen LogP contribution in [0.3, 0.4) is 0 Å². The van der Waals surface area contributed by atoms with E-state index in [-0.39, 0.29) is 45.6 Å². The standard InChI is InChI=1S/C17H12O5S.Na/c18-17(12-6-2-1-3-7-12)22-15-10-11-16(23(19,20)21)14-9-5-4-8-13(14)15;/h1-11H,(H,19,20,21);/q;+1/p-1. The molecule has 0 fully saturated rings. The average Bonchev–Trinajstić information content (AvgIpc) is 2.55. The molecule has 0 saturated carbocycles. The molecule has 5 nitrogen and oxygen atoms in total. The minimum Gasteiger partial charge on any atom is -0.744 e. The predicted molar refractivity (Wildman–Crippen MR) is 83.3 cm³/mol. The van der Waals surface area contributed by atoms with E-state index in [9.17, 15) is 17.8 Å². The molecular weight excluding hydrogens is 339 g/mol. The number of hydrogen-bond donors (Lipinski definition) is 0. The summed E-state index contributed by atoms with van der Waals surface area (Å²) in [6, 6.07) is 17.3. The van der Waals surface area contributed by atoms with Crippen molar-refractivity contribution in [2.75, 3.05) is 0 Å². The summed E-state index contributed by atoms with van der Waals surface area (Å²) in [6.07, 6.45) is 0. The summed E-state index contributed by atoms with van der Waals surface area (Å²) in [6.45, 7) is 0. The molecule has 0 aliphatic carbocycles. The molecule has 3 aromatic rings. The minimum atomic E-state index is -4.62. The average molecular weight is 350 g/mol. The Kier molecular flexibility index (Phi) is 5.79. The van der Waals surface area contributed by atoms with Crippen molar-refractivity contribution in [1.82, 2.24) is 0 Å². The van der Waals surface area contributed by atoms with E-state index in [0.717, 1.165) is 6.07 Å². The van der Waals surface area contributed by atoms with E-state index in [1.807, 2.05) is 0 Å². The first-order valence-electron chi connectivity index (χ1n) is 6.72. The maximum absolute atomic E-state index is 12.1. The number of fused-ring (bicyclic) bond motifs is 1. The van der Waals surface area contributed by atoms with Gasteiger partial charge in [-0.15, -0.1) is 0 Å². The molecule has 0 bridgehead atoms. The van der Waals surface area contributed by atoms with Crippen molar-refractivity contribution in [3.05, 3.63) is 72.3 Å². The monoisotopic (exact) mass is 350 g/mol. The van der Waals surface area contributed by atoms with Crippen LogP contribution in [0.5, 0.6) is 5.75 Å². The molecule has 116 valence electrons. The van der Waals surface area contributed by atoms with Crippen LogP contribution in [0.4, 0.5) is 0 Å². The van der Waals surface area contributed by atoms with E-state index in [1.165, 1.54) is 12.1 Å². The number of carbonyl (C=O) groups is 1. The molecule has 0 aromatic heterocycles. The molecule has 24 heavy (non-hydrogen) atoms. The molecule has 0 amide bonds. The summed E-state index contributed by atoms with van der Waals surface area (Å²) in [4.78, 5) is 11.8. The van der Waals surface area contributed by atoms with Gasteiger partial charge >= 0.3 is 35.5 Å². The van der Waals surface area contributed by atoms with Crippen LogP contribution in [0.1, 0.15) is 10.4 Å². The molecule has 0 N–H and O–H groups in total. The first-order chi connectivity index (χ1) is 11.0. The third-order valence-electron chi connectivity index (χ3n) is 3.33. The quantitative estimate of drug-likeness (QED) is 0.287. The number of rotatable bonds is 3. The molecule has 7 heteroatoms. The van der Waals surface area contributed by atoms with Crippen molar-refractivity contribution in [2.45, 2.75) is 4.90 Å². The fourth-order valence-corrected chi connectivity index (χ4v) is 2.97. The summed E-state index contributed by atoms with van der Waals surface area (Å²) in [5, 5.41) is 0.606. The van der Waals surface area contributed by atoms with E-state index in [0.29, 0.717) is 10.9 Å². The molecule has 0 spiro atoms. The largest absolute Gasteiger partial charge is 1.00 e. The maximum atomic E-state index is 12.1. The van der Waals surface area contributed by atoms with E-state index < -0.39 is 16.1 Å². The van der Waals surface area contributed by atoms with E-state index in [2.05, 4.69) is 0 Å². The number of esters is 1. The van der Waals surface area contributed by atoms with Gasteiger partial charge in [0.05, 0.1) is 10.5 Å². The van der Waals surface area contributed by atoms with Gasteiger partial charge in [0, 0.05) is 10.8 Å². The smallest absolute Gasteiger partial charge is 0.744 e. The van der Waals surface area contributed by atoms with Crippen molar-refractivity contribution in [1.29, 1.82) is 0 Å². The molecule has 0 radical (unpaired) electrons. The van der Waals surface area contributed by atoms with Crippen LogP contribution in [0.25, 0.3) is 10.8 Å². The minimum absolute atomic E-state index is 0. The zero-order valence-electron chi connectivity index (χ0n) is 12.8. The summed E-state index contributed by atoms with van der Waals surface area (Å²) in [5.74, 6) is -0.365. The SMILES string of the molecule is O=C(Oc1ccc(S(=O)(=O)[O-])c2ccccc12)c1ccccc1.[Na+]. The fraction of sp³-hybridized carbons (Fsp3) is 0. The first-order valence-corrected chi connectivity index (χ1v) is 8.12. The van der Waals surface area contributed by atoms with Crippen LogP contribution in [0.2, 0.25) is 0 Å². The first kappa shape index (κ1) is 18.6. The third-order valence-corrected chi connectivity index (χ3v) is 4.22. The Hall–Kier alpha value is -1.70. The van der Waals surface area contributed by atoms with Crippen LogP contribution in [0.15, 0.2) is 71.6 Å². The topological polar surface area (TPSA) is 83.5 Å². The summed E-state index contributed by atoms with van der Waals surface area (Å²) >= 11 is 0. The maximum Gasteiger partial charge on any atom is 1.00 e. The zero-order chi connectivity index (χ0) is 16.4. The van der Waals surface area contributed by atoms with Gasteiger partial charge in [-0.2, -0.15) is 0 Å². The molecule has 0 atom stereocenters. The Morgan fingerprint density at radius 3 is 2.04 bits per heavy atom. The van der Waals surface area contributed by atoms with Gasteiger partial charge in [-0.3, -0.25) is 0 Å². The molecule has 0 aliphatic heterocycles. The normalized spacial score (nSPS) is 10.9. The van der Waals surface area contributed by atoms with Crippen molar-refractivity contribution in [2.24, 2.45) is 0 Å². The van der Waals surface area contributed by atoms with Gasteiger partial charge in [0.15, 0.2) is 0 Å². The van der Waals surface area contributed by atoms with Gasteiger partial charge in [0.1, 0.15) is 15.9 Å². The van der Waals surface area contributed by atoms with Gasteiger partial charge in [-0.1, -0.05) is 42.5 Å². The Morgan fingerprint density at radius 1 is 0.833 bits per heavy atom. The van der Waals surface area contributed by atoms with Crippen molar-refractivity contribution in [3.63, 3.8) is 0 Å². The molecule has 0 unspecified atom stereocenters. The predicted octanol–water partition coefficient (Wildman–Crippen LogP) is -0.0329. The van der Waals surface area contributed by atoms with Gasteiger partial charge in [0.25, 0.3) is 0 Å². The number of benzene rings is 3. The van der Waals surface area contributed by atoms with Gasteiger partial charge in [0.2, 0.25) is 0 Å². The Morgan fingerprint density at radius 2 is 1.42 bits per heavy atom. The zero-order valence-corrected chi connectivity index (χ0v) is 15.6. The van der Waals surface area contributed by atoms with Crippen LogP contribution in [-0.4, -0.2) is 18.9 Å². The van der Waals surface area contributed by atoms with Crippen LogP contribution >= 0.6 is 0 Å². The van der Waals surface area contributed by atoms with Crippen molar-refractivity contribution in [3.8, 4) is 5.75 Å². The van der Waals surface area contributed by atoms with Crippen molar-refractivity contribution < 1.29 is 52.1 Å². The van der Waals surface area contributed by atoms with E-state index >= 15 is 0 Å². The number of hydrogen-bond acceptors (Lipinski definition) is 5. The Bertz CT molecular complexity index is 984. The van der Waals surface area contributed by atoms with Gasteiger partial charge in [-0.05, 0) is 24.3 Å². The molecule has 0 aliphatic rings. The second-order valence-corrected chi connectivity index (χ2v) is 6.17. The number of ether oxygens (including phenoxy) is 1. The molecule has 3 rings (SSSR count). The second kappa shape index (κ2) is 7.46. The Labute approximate surface area is 161 Å². The summed E-state index contributed by atoms with van der Waals surface area (Å²) in [5.41, 5.74) is 0.372. The fourth-order valence-electron chi connectivity index (χ4n) is 2.28. The van der Waals surface area contributed by atoms with Gasteiger partial charge < -0.3 is 9.29 Å². The molecule has 3 aromatic carbocycles. The van der Waals surface area contributed by atoms with Crippen LogP contribution in [0, 0.1) is 0 Å². The van der Waals surface area contributed by atoms with Crippen LogP contribution in [-0.2, 0) is 10.1 Å². The summed E-state index contributed by atoms with van der Waals surface area (Å²) in [7, 11) is -4.62. The number of carbonyl (C=O) groups excluding carboxylic acids is 1. The van der Waals surface area contributed by atoms with Gasteiger partial charge in [-0.25, -0.2) is 13.2 Å². The molecule has 0 heterocycles. The molecular formula is C17H11NaO5S. The Balaban J connectivity index is 0.00000208. The van der Waals surface area contributed by atoms with E-state index in [4.69, 9.17) is 4.74 Å². The van der Waals surface area contributed by atoms with Crippen molar-refractivity contribution >= 4 is 26.9 Å². The second-order valence-electron chi connectivity index (χ2n) is 4.82. The van der Waals surface area contributed by atoms with Crippen LogP contribution < -0.4 is 34.3 Å². The van der Waals surface area contributed by atoms with E-state index in [1.54, 1.807) is 48.5 Å². The molecule has 0 saturated heterocycles. The third kappa shape index (κ3) is 3.85.